The normalized spacial score (nSPS) is 13.9. The third kappa shape index (κ3) is 15.3. The topological polar surface area (TPSA) is 40.2 Å². The molecule has 0 saturated heterocycles. The third-order valence-electron chi connectivity index (χ3n) is 8.49. The van der Waals surface area contributed by atoms with Gasteiger partial charge in [-0.2, -0.15) is 5.06 Å². The molecule has 2 aromatic rings. The minimum absolute atomic E-state index is 0.0533. The first kappa shape index (κ1) is 39.6. The zero-order valence-electron chi connectivity index (χ0n) is 30.4. The minimum Gasteiger partial charge on any atom is -0.395 e. The van der Waals surface area contributed by atoms with Gasteiger partial charge >= 0.3 is 8.56 Å². The van der Waals surface area contributed by atoms with Gasteiger partial charge < -0.3 is 13.6 Å². The molecule has 0 aliphatic rings. The van der Waals surface area contributed by atoms with Crippen molar-refractivity contribution in [1.82, 2.24) is 5.06 Å². The Kier molecular flexibility index (Phi) is 18.8. The third-order valence-corrected chi connectivity index (χ3v) is 11.6. The predicted octanol–water partition coefficient (Wildman–Crippen LogP) is 11.3. The lowest BCUT2D eigenvalue weighted by molar-refractivity contribution is -0.272. The molecule has 0 fully saturated rings. The Hall–Kier alpha value is -1.54. The van der Waals surface area contributed by atoms with E-state index in [1.807, 2.05) is 0 Å². The lowest BCUT2D eigenvalue weighted by Crippen LogP contribution is -2.46. The zero-order valence-corrected chi connectivity index (χ0v) is 31.4. The number of ether oxygens (including phenoxy) is 1. The van der Waals surface area contributed by atoms with Crippen molar-refractivity contribution in [3.63, 3.8) is 0 Å². The summed E-state index contributed by atoms with van der Waals surface area (Å²) in [6.07, 6.45) is 11.5. The van der Waals surface area contributed by atoms with Gasteiger partial charge in [-0.25, -0.2) is 0 Å². The summed E-state index contributed by atoms with van der Waals surface area (Å²) in [5.74, 6) is 0.407. The van der Waals surface area contributed by atoms with Crippen LogP contribution in [0.15, 0.2) is 54.6 Å². The molecule has 0 aliphatic heterocycles. The van der Waals surface area contributed by atoms with Gasteiger partial charge in [0, 0.05) is 25.4 Å². The molecule has 256 valence electrons. The van der Waals surface area contributed by atoms with E-state index in [2.05, 4.69) is 122 Å². The number of nitrogens with zero attached hydrogens (tertiary/aromatic N) is 1. The van der Waals surface area contributed by atoms with Crippen LogP contribution in [0, 0.1) is 5.92 Å². The average Bonchev–Trinajstić information content (AvgIpc) is 2.99. The van der Waals surface area contributed by atoms with E-state index >= 15 is 0 Å². The molecule has 5 nitrogen and oxygen atoms in total. The van der Waals surface area contributed by atoms with Crippen molar-refractivity contribution in [1.29, 1.82) is 0 Å². The monoisotopic (exact) mass is 641 g/mol. The summed E-state index contributed by atoms with van der Waals surface area (Å²) in [6, 6.07) is 20.8. The molecular weight excluding hydrogens is 575 g/mol. The molecule has 6 heteroatoms. The Morgan fingerprint density at radius 2 is 1.22 bits per heavy atom. The van der Waals surface area contributed by atoms with Crippen LogP contribution in [-0.2, 0) is 25.0 Å². The molecular formula is C39H67NO4Si. The van der Waals surface area contributed by atoms with Crippen molar-refractivity contribution in [3.05, 3.63) is 71.3 Å². The zero-order chi connectivity index (χ0) is 33.1. The maximum atomic E-state index is 6.72. The van der Waals surface area contributed by atoms with Crippen molar-refractivity contribution in [2.24, 2.45) is 5.92 Å². The van der Waals surface area contributed by atoms with Crippen molar-refractivity contribution in [2.45, 2.75) is 150 Å². The number of rotatable bonds is 24. The molecule has 2 rings (SSSR count). The molecule has 45 heavy (non-hydrogen) atoms. The first-order valence-corrected chi connectivity index (χ1v) is 20.5. The summed E-state index contributed by atoms with van der Waals surface area (Å²) in [6.45, 7) is 22.8. The van der Waals surface area contributed by atoms with Crippen LogP contribution in [0.5, 0.6) is 0 Å². The van der Waals surface area contributed by atoms with Gasteiger partial charge in [-0.3, -0.25) is 4.84 Å². The van der Waals surface area contributed by atoms with Gasteiger partial charge in [-0.1, -0.05) is 120 Å². The van der Waals surface area contributed by atoms with E-state index in [4.69, 9.17) is 18.4 Å². The van der Waals surface area contributed by atoms with Crippen LogP contribution in [-0.4, -0.2) is 39.0 Å². The molecule has 0 bridgehead atoms. The van der Waals surface area contributed by atoms with Gasteiger partial charge in [0.15, 0.2) is 0 Å². The fourth-order valence-corrected chi connectivity index (χ4v) is 8.56. The lowest BCUT2D eigenvalue weighted by Gasteiger charge is -2.44. The number of unbranched alkanes of at least 4 members (excludes halogenated alkanes) is 8. The highest BCUT2D eigenvalue weighted by molar-refractivity contribution is 6.66. The minimum atomic E-state index is -1.92. The van der Waals surface area contributed by atoms with Gasteiger partial charge in [0.25, 0.3) is 0 Å². The summed E-state index contributed by atoms with van der Waals surface area (Å²) >= 11 is 0. The Labute approximate surface area is 278 Å². The van der Waals surface area contributed by atoms with Gasteiger partial charge in [0.1, 0.15) is 6.10 Å². The van der Waals surface area contributed by atoms with E-state index in [9.17, 15) is 0 Å². The first-order valence-electron chi connectivity index (χ1n) is 18.0. The van der Waals surface area contributed by atoms with Crippen LogP contribution in [0.1, 0.15) is 142 Å². The largest absolute Gasteiger partial charge is 0.395 e. The van der Waals surface area contributed by atoms with Crippen LogP contribution in [0.3, 0.4) is 0 Å². The smallest absolute Gasteiger partial charge is 0.334 e. The Balaban J connectivity index is 1.64. The lowest BCUT2D eigenvalue weighted by atomic mass is 9.92. The SMILES string of the molecule is CCO[Si](C)(CCCCCCCCCCCOCc1ccc(C(C)ON(C(c2ccccc2)C(C)C)C(C)(C)C)cc1)OCC. The predicted molar refractivity (Wildman–Crippen MR) is 192 cm³/mol. The molecule has 0 radical (unpaired) electrons. The average molecular weight is 642 g/mol. The molecule has 2 unspecified atom stereocenters. The number of hydroxylamine groups is 2. The molecule has 0 aromatic heterocycles. The standard InChI is InChI=1S/C39H67NO4Si/c1-10-42-45(9,43-11-2)31-23-18-16-14-12-13-15-17-22-30-41-32-35-26-28-36(29-27-35)34(5)44-40(39(6,7)8)38(33(3)4)37-24-20-19-21-25-37/h19-21,24-29,33-34,38H,10-18,22-23,30-32H2,1-9H3. The fraction of sp³-hybridized carbons (Fsp3) is 0.692. The Morgan fingerprint density at radius 3 is 1.73 bits per heavy atom. The van der Waals surface area contributed by atoms with E-state index in [0.29, 0.717) is 12.5 Å². The van der Waals surface area contributed by atoms with E-state index in [0.717, 1.165) is 32.3 Å². The molecule has 0 amide bonds. The van der Waals surface area contributed by atoms with Gasteiger partial charge in [0.2, 0.25) is 0 Å². The second-order valence-corrected chi connectivity index (χ2v) is 17.4. The molecule has 0 heterocycles. The molecule has 0 N–H and O–H groups in total. The van der Waals surface area contributed by atoms with Crippen molar-refractivity contribution in [2.75, 3.05) is 19.8 Å². The van der Waals surface area contributed by atoms with Gasteiger partial charge in [0.05, 0.1) is 12.6 Å². The van der Waals surface area contributed by atoms with E-state index in [1.165, 1.54) is 68.1 Å². The highest BCUT2D eigenvalue weighted by atomic mass is 28.4. The second-order valence-electron chi connectivity index (χ2n) is 14.1. The highest BCUT2D eigenvalue weighted by Gasteiger charge is 2.35. The van der Waals surface area contributed by atoms with Crippen LogP contribution in [0.4, 0.5) is 0 Å². The number of benzene rings is 2. The summed E-state index contributed by atoms with van der Waals surface area (Å²) < 4.78 is 17.9. The van der Waals surface area contributed by atoms with Crippen molar-refractivity contribution in [3.8, 4) is 0 Å². The highest BCUT2D eigenvalue weighted by Crippen LogP contribution is 2.37. The van der Waals surface area contributed by atoms with E-state index < -0.39 is 8.56 Å². The number of hydrogen-bond acceptors (Lipinski definition) is 5. The molecule has 2 atom stereocenters. The molecule has 2 aromatic carbocycles. The van der Waals surface area contributed by atoms with Gasteiger partial charge in [-0.05, 0) is 83.2 Å². The quantitative estimate of drug-likeness (QED) is 0.0648. The van der Waals surface area contributed by atoms with Gasteiger partial charge in [-0.15, -0.1) is 0 Å². The fourth-order valence-electron chi connectivity index (χ4n) is 6.07. The molecule has 0 aliphatic carbocycles. The summed E-state index contributed by atoms with van der Waals surface area (Å²) in [5, 5.41) is 2.21. The van der Waals surface area contributed by atoms with Crippen LogP contribution >= 0.6 is 0 Å². The van der Waals surface area contributed by atoms with Crippen molar-refractivity contribution >= 4 is 8.56 Å². The summed E-state index contributed by atoms with van der Waals surface area (Å²) in [7, 11) is -1.92. The second kappa shape index (κ2) is 21.4. The van der Waals surface area contributed by atoms with Crippen LogP contribution < -0.4 is 0 Å². The molecule has 0 spiro atoms. The first-order chi connectivity index (χ1) is 21.5. The number of hydrogen-bond donors (Lipinski definition) is 0. The summed E-state index contributed by atoms with van der Waals surface area (Å²) in [4.78, 5) is 6.72. The van der Waals surface area contributed by atoms with E-state index in [-0.39, 0.29) is 17.7 Å². The maximum absolute atomic E-state index is 6.72. The molecule has 0 saturated carbocycles. The summed E-state index contributed by atoms with van der Waals surface area (Å²) in [5.41, 5.74) is 3.54. The van der Waals surface area contributed by atoms with Crippen LogP contribution in [0.2, 0.25) is 12.6 Å². The maximum Gasteiger partial charge on any atom is 0.334 e. The van der Waals surface area contributed by atoms with Crippen LogP contribution in [0.25, 0.3) is 0 Å². The Morgan fingerprint density at radius 1 is 0.689 bits per heavy atom. The van der Waals surface area contributed by atoms with E-state index in [1.54, 1.807) is 0 Å². The van der Waals surface area contributed by atoms with Crippen molar-refractivity contribution < 1.29 is 18.4 Å². The Bertz CT molecular complexity index is 1000.